The zero-order chi connectivity index (χ0) is 12.7. The number of pyridine rings is 1. The number of ether oxygens (including phenoxy) is 2. The molecule has 1 aromatic rings. The highest BCUT2D eigenvalue weighted by atomic mass is 16.6. The van der Waals surface area contributed by atoms with E-state index in [9.17, 15) is 10.1 Å². The Bertz CT molecular complexity index is 385. The SMILES string of the molecule is COCCCOc1nc(NN)ccc1[N+](=O)[O-]. The Kier molecular flexibility index (Phi) is 5.11. The van der Waals surface area contributed by atoms with Crippen LogP contribution >= 0.6 is 0 Å². The van der Waals surface area contributed by atoms with E-state index in [2.05, 4.69) is 10.4 Å². The lowest BCUT2D eigenvalue weighted by atomic mass is 10.4. The zero-order valence-corrected chi connectivity index (χ0v) is 9.38. The first-order chi connectivity index (χ1) is 8.19. The molecular formula is C9H14N4O4. The van der Waals surface area contributed by atoms with Crippen LogP contribution in [-0.2, 0) is 4.74 Å². The highest BCUT2D eigenvalue weighted by Crippen LogP contribution is 2.25. The lowest BCUT2D eigenvalue weighted by molar-refractivity contribution is -0.386. The Hall–Kier alpha value is -1.93. The van der Waals surface area contributed by atoms with E-state index >= 15 is 0 Å². The van der Waals surface area contributed by atoms with Crippen LogP contribution in [0.1, 0.15) is 6.42 Å². The number of anilines is 1. The average Bonchev–Trinajstić information content (AvgIpc) is 2.34. The largest absolute Gasteiger partial charge is 0.473 e. The molecule has 94 valence electrons. The van der Waals surface area contributed by atoms with E-state index in [1.165, 1.54) is 12.1 Å². The van der Waals surface area contributed by atoms with Gasteiger partial charge in [0.25, 0.3) is 5.88 Å². The number of nitrogens with one attached hydrogen (secondary N) is 1. The Morgan fingerprint density at radius 2 is 2.29 bits per heavy atom. The number of aromatic nitrogens is 1. The summed E-state index contributed by atoms with van der Waals surface area (Å²) in [6, 6.07) is 2.69. The quantitative estimate of drug-likeness (QED) is 0.313. The monoisotopic (exact) mass is 242 g/mol. The molecule has 0 unspecified atom stereocenters. The molecular weight excluding hydrogens is 228 g/mol. The fraction of sp³-hybridized carbons (Fsp3) is 0.444. The molecule has 8 heteroatoms. The van der Waals surface area contributed by atoms with Crippen molar-refractivity contribution in [2.24, 2.45) is 5.84 Å². The number of nitro groups is 1. The van der Waals surface area contributed by atoms with Gasteiger partial charge < -0.3 is 14.9 Å². The van der Waals surface area contributed by atoms with Crippen LogP contribution in [0, 0.1) is 10.1 Å². The minimum Gasteiger partial charge on any atom is -0.473 e. The zero-order valence-electron chi connectivity index (χ0n) is 9.38. The van der Waals surface area contributed by atoms with Crippen molar-refractivity contribution in [1.29, 1.82) is 0 Å². The van der Waals surface area contributed by atoms with Crippen LogP contribution in [0.4, 0.5) is 11.5 Å². The molecule has 0 aliphatic rings. The van der Waals surface area contributed by atoms with Crippen molar-refractivity contribution in [3.63, 3.8) is 0 Å². The fourth-order valence-electron chi connectivity index (χ4n) is 1.13. The summed E-state index contributed by atoms with van der Waals surface area (Å²) in [6.45, 7) is 0.804. The predicted octanol–water partition coefficient (Wildman–Crippen LogP) is 0.691. The van der Waals surface area contributed by atoms with Crippen LogP contribution in [0.3, 0.4) is 0 Å². The number of nitrogens with two attached hydrogens (primary N) is 1. The Balaban J connectivity index is 2.75. The summed E-state index contributed by atoms with van der Waals surface area (Å²) in [7, 11) is 1.57. The molecule has 1 aromatic heterocycles. The van der Waals surface area contributed by atoms with Crippen LogP contribution in [0.5, 0.6) is 5.88 Å². The first-order valence-corrected chi connectivity index (χ1v) is 4.93. The van der Waals surface area contributed by atoms with Gasteiger partial charge in [-0.2, -0.15) is 4.98 Å². The molecule has 0 atom stereocenters. The van der Waals surface area contributed by atoms with E-state index in [1.807, 2.05) is 0 Å². The molecule has 0 radical (unpaired) electrons. The number of rotatable bonds is 7. The summed E-state index contributed by atoms with van der Waals surface area (Å²) >= 11 is 0. The molecule has 0 amide bonds. The van der Waals surface area contributed by atoms with Crippen molar-refractivity contribution in [3.8, 4) is 5.88 Å². The van der Waals surface area contributed by atoms with E-state index in [-0.39, 0.29) is 18.2 Å². The van der Waals surface area contributed by atoms with Gasteiger partial charge in [-0.1, -0.05) is 0 Å². The molecule has 0 aliphatic carbocycles. The molecule has 1 rings (SSSR count). The van der Waals surface area contributed by atoms with Crippen molar-refractivity contribution >= 4 is 11.5 Å². The highest BCUT2D eigenvalue weighted by molar-refractivity contribution is 5.48. The Labute approximate surface area is 97.9 Å². The Morgan fingerprint density at radius 3 is 2.88 bits per heavy atom. The topological polar surface area (TPSA) is 113 Å². The summed E-state index contributed by atoms with van der Waals surface area (Å²) in [5.74, 6) is 5.41. The molecule has 3 N–H and O–H groups in total. The van der Waals surface area contributed by atoms with Gasteiger partial charge in [-0.15, -0.1) is 0 Å². The first-order valence-electron chi connectivity index (χ1n) is 4.93. The summed E-state index contributed by atoms with van der Waals surface area (Å²) in [5, 5.41) is 10.7. The normalized spacial score (nSPS) is 10.0. The van der Waals surface area contributed by atoms with Gasteiger partial charge in [0.2, 0.25) is 0 Å². The first kappa shape index (κ1) is 13.1. The third-order valence-electron chi connectivity index (χ3n) is 1.92. The molecule has 0 aliphatic heterocycles. The lowest BCUT2D eigenvalue weighted by Gasteiger charge is -2.06. The summed E-state index contributed by atoms with van der Waals surface area (Å²) in [6.07, 6.45) is 0.621. The summed E-state index contributed by atoms with van der Waals surface area (Å²) in [4.78, 5) is 14.0. The van der Waals surface area contributed by atoms with Crippen LogP contribution in [0.2, 0.25) is 0 Å². The van der Waals surface area contributed by atoms with Gasteiger partial charge in [0, 0.05) is 26.2 Å². The van der Waals surface area contributed by atoms with Gasteiger partial charge in [0.05, 0.1) is 11.5 Å². The lowest BCUT2D eigenvalue weighted by Crippen LogP contribution is -2.10. The molecule has 0 bridgehead atoms. The third kappa shape index (κ3) is 3.85. The second-order valence-corrected chi connectivity index (χ2v) is 3.12. The number of hydrogen-bond acceptors (Lipinski definition) is 7. The van der Waals surface area contributed by atoms with E-state index in [0.29, 0.717) is 18.8 Å². The number of hydrazine groups is 1. The van der Waals surface area contributed by atoms with Gasteiger partial charge in [0.1, 0.15) is 5.82 Å². The van der Waals surface area contributed by atoms with E-state index < -0.39 is 4.92 Å². The van der Waals surface area contributed by atoms with E-state index in [0.717, 1.165) is 0 Å². The summed E-state index contributed by atoms with van der Waals surface area (Å²) in [5.41, 5.74) is 2.10. The molecule has 0 spiro atoms. The smallest absolute Gasteiger partial charge is 0.331 e. The average molecular weight is 242 g/mol. The van der Waals surface area contributed by atoms with Gasteiger partial charge in [-0.3, -0.25) is 10.1 Å². The standard InChI is InChI=1S/C9H14N4O4/c1-16-5-2-6-17-9-7(13(14)15)3-4-8(11-9)12-10/h3-4H,2,5-6,10H2,1H3,(H,11,12). The molecule has 0 saturated carbocycles. The molecule has 8 nitrogen and oxygen atoms in total. The third-order valence-corrected chi connectivity index (χ3v) is 1.92. The maximum absolute atomic E-state index is 10.7. The molecule has 0 fully saturated rings. The van der Waals surface area contributed by atoms with E-state index in [1.54, 1.807) is 7.11 Å². The van der Waals surface area contributed by atoms with Crippen molar-refractivity contribution in [2.75, 3.05) is 25.7 Å². The van der Waals surface area contributed by atoms with Crippen LogP contribution in [0.15, 0.2) is 12.1 Å². The number of nitrogens with zero attached hydrogens (tertiary/aromatic N) is 2. The van der Waals surface area contributed by atoms with E-state index in [4.69, 9.17) is 15.3 Å². The Morgan fingerprint density at radius 1 is 1.53 bits per heavy atom. The van der Waals surface area contributed by atoms with Gasteiger partial charge in [-0.25, -0.2) is 5.84 Å². The molecule has 1 heterocycles. The van der Waals surface area contributed by atoms with Crippen molar-refractivity contribution in [1.82, 2.24) is 4.98 Å². The second-order valence-electron chi connectivity index (χ2n) is 3.12. The molecule has 0 saturated heterocycles. The van der Waals surface area contributed by atoms with Gasteiger partial charge >= 0.3 is 5.69 Å². The number of nitrogen functional groups attached to an aromatic ring is 1. The minimum absolute atomic E-state index is 0.0541. The molecule has 17 heavy (non-hydrogen) atoms. The van der Waals surface area contributed by atoms with Crippen LogP contribution in [0.25, 0.3) is 0 Å². The second kappa shape index (κ2) is 6.61. The van der Waals surface area contributed by atoms with Crippen molar-refractivity contribution in [2.45, 2.75) is 6.42 Å². The van der Waals surface area contributed by atoms with Crippen molar-refractivity contribution < 1.29 is 14.4 Å². The van der Waals surface area contributed by atoms with Crippen LogP contribution in [-0.4, -0.2) is 30.2 Å². The summed E-state index contributed by atoms with van der Waals surface area (Å²) < 4.78 is 10.1. The number of methoxy groups -OCH3 is 1. The predicted molar refractivity (Wildman–Crippen MR) is 60.7 cm³/mol. The fourth-order valence-corrected chi connectivity index (χ4v) is 1.13. The molecule has 0 aromatic carbocycles. The van der Waals surface area contributed by atoms with Crippen molar-refractivity contribution in [3.05, 3.63) is 22.2 Å². The van der Waals surface area contributed by atoms with Crippen LogP contribution < -0.4 is 16.0 Å². The maximum Gasteiger partial charge on any atom is 0.331 e. The van der Waals surface area contributed by atoms with Gasteiger partial charge in [-0.05, 0) is 6.07 Å². The minimum atomic E-state index is -0.557. The van der Waals surface area contributed by atoms with Gasteiger partial charge in [0.15, 0.2) is 0 Å². The highest BCUT2D eigenvalue weighted by Gasteiger charge is 2.17. The maximum atomic E-state index is 10.7. The number of hydrogen-bond donors (Lipinski definition) is 2.